The predicted molar refractivity (Wildman–Crippen MR) is 77.7 cm³/mol. The second kappa shape index (κ2) is 5.72. The average Bonchev–Trinajstić information content (AvgIpc) is 2.37. The van der Waals surface area contributed by atoms with Crippen molar-refractivity contribution < 1.29 is 9.90 Å². The monoisotopic (exact) mass is 272 g/mol. The Morgan fingerprint density at radius 2 is 1.89 bits per heavy atom. The molecule has 2 nitrogen and oxygen atoms in total. The zero-order valence-corrected chi connectivity index (χ0v) is 11.2. The number of ketones is 1. The number of benzene rings is 2. The van der Waals surface area contributed by atoms with Gasteiger partial charge in [0.25, 0.3) is 0 Å². The molecule has 0 aliphatic carbocycles. The maximum atomic E-state index is 12.1. The second-order valence-electron chi connectivity index (χ2n) is 4.19. The van der Waals surface area contributed by atoms with Crippen molar-refractivity contribution in [2.75, 3.05) is 0 Å². The summed E-state index contributed by atoms with van der Waals surface area (Å²) in [7, 11) is 0. The molecule has 0 unspecified atom stereocenters. The Morgan fingerprint density at radius 1 is 1.16 bits per heavy atom. The van der Waals surface area contributed by atoms with Crippen molar-refractivity contribution in [3.8, 4) is 5.75 Å². The molecule has 0 fully saturated rings. The highest BCUT2D eigenvalue weighted by molar-refractivity contribution is 6.32. The zero-order chi connectivity index (χ0) is 13.8. The zero-order valence-electron chi connectivity index (χ0n) is 10.4. The number of halogens is 1. The molecule has 96 valence electrons. The Morgan fingerprint density at radius 3 is 2.58 bits per heavy atom. The van der Waals surface area contributed by atoms with E-state index in [0.29, 0.717) is 10.6 Å². The quantitative estimate of drug-likeness (QED) is 0.670. The standard InChI is InChI=1S/C16H13ClO2/c1-11-5-4-8-14(18)16(11)15(19)10-9-12-6-2-3-7-13(12)17/h2-10,18H,1H3/b10-9+. The van der Waals surface area contributed by atoms with E-state index >= 15 is 0 Å². The lowest BCUT2D eigenvalue weighted by atomic mass is 10.0. The minimum Gasteiger partial charge on any atom is -0.507 e. The molecule has 0 saturated carbocycles. The van der Waals surface area contributed by atoms with Gasteiger partial charge in [-0.05, 0) is 42.3 Å². The molecule has 19 heavy (non-hydrogen) atoms. The molecule has 0 aliphatic heterocycles. The average molecular weight is 273 g/mol. The largest absolute Gasteiger partial charge is 0.507 e. The van der Waals surface area contributed by atoms with Crippen LogP contribution in [0.15, 0.2) is 48.5 Å². The Bertz CT molecular complexity index is 625. The molecule has 1 N–H and O–H groups in total. The summed E-state index contributed by atoms with van der Waals surface area (Å²) < 4.78 is 0. The number of allylic oxidation sites excluding steroid dienone is 1. The van der Waals surface area contributed by atoms with Gasteiger partial charge >= 0.3 is 0 Å². The first-order valence-corrected chi connectivity index (χ1v) is 6.23. The highest BCUT2D eigenvalue weighted by atomic mass is 35.5. The van der Waals surface area contributed by atoms with Crippen LogP contribution in [0.5, 0.6) is 5.75 Å². The van der Waals surface area contributed by atoms with Gasteiger partial charge in [-0.25, -0.2) is 0 Å². The van der Waals surface area contributed by atoms with E-state index in [1.807, 2.05) is 18.2 Å². The Balaban J connectivity index is 2.30. The topological polar surface area (TPSA) is 37.3 Å². The van der Waals surface area contributed by atoms with Crippen molar-refractivity contribution in [1.29, 1.82) is 0 Å². The van der Waals surface area contributed by atoms with E-state index in [1.54, 1.807) is 31.2 Å². The van der Waals surface area contributed by atoms with Crippen molar-refractivity contribution in [3.63, 3.8) is 0 Å². The van der Waals surface area contributed by atoms with Gasteiger partial charge in [0.2, 0.25) is 0 Å². The lowest BCUT2D eigenvalue weighted by molar-refractivity contribution is 0.104. The molecule has 0 bridgehead atoms. The molecule has 0 heterocycles. The highest BCUT2D eigenvalue weighted by Gasteiger charge is 2.10. The molecule has 0 atom stereocenters. The molecule has 2 aromatic carbocycles. The van der Waals surface area contributed by atoms with E-state index < -0.39 is 0 Å². The summed E-state index contributed by atoms with van der Waals surface area (Å²) in [6.07, 6.45) is 3.07. The number of aryl methyl sites for hydroxylation is 1. The molecular weight excluding hydrogens is 260 g/mol. The van der Waals surface area contributed by atoms with E-state index in [4.69, 9.17) is 11.6 Å². The van der Waals surface area contributed by atoms with Crippen LogP contribution in [-0.2, 0) is 0 Å². The number of phenols is 1. The Hall–Kier alpha value is -2.06. The summed E-state index contributed by atoms with van der Waals surface area (Å²) in [5, 5.41) is 10.3. The Labute approximate surface area is 117 Å². The SMILES string of the molecule is Cc1cccc(O)c1C(=O)/C=C/c1ccccc1Cl. The fourth-order valence-corrected chi connectivity index (χ4v) is 2.03. The molecule has 0 spiro atoms. The summed E-state index contributed by atoms with van der Waals surface area (Å²) in [5.41, 5.74) is 1.84. The van der Waals surface area contributed by atoms with E-state index in [9.17, 15) is 9.90 Å². The summed E-state index contributed by atoms with van der Waals surface area (Å²) in [6.45, 7) is 1.79. The number of phenolic OH excluding ortho intramolecular Hbond substituents is 1. The van der Waals surface area contributed by atoms with Crippen LogP contribution in [0, 0.1) is 6.92 Å². The summed E-state index contributed by atoms with van der Waals surface area (Å²) in [5.74, 6) is -0.246. The third-order valence-electron chi connectivity index (χ3n) is 2.82. The van der Waals surface area contributed by atoms with Crippen molar-refractivity contribution in [1.82, 2.24) is 0 Å². The van der Waals surface area contributed by atoms with Crippen LogP contribution in [0.3, 0.4) is 0 Å². The van der Waals surface area contributed by atoms with Crippen molar-refractivity contribution >= 4 is 23.5 Å². The number of rotatable bonds is 3. The third kappa shape index (κ3) is 3.04. The van der Waals surface area contributed by atoms with Crippen LogP contribution in [0.25, 0.3) is 6.08 Å². The first-order chi connectivity index (χ1) is 9.09. The van der Waals surface area contributed by atoms with Gasteiger partial charge in [0, 0.05) is 5.02 Å². The van der Waals surface area contributed by atoms with Gasteiger partial charge in [0.15, 0.2) is 5.78 Å². The molecule has 3 heteroatoms. The fraction of sp³-hybridized carbons (Fsp3) is 0.0625. The van der Waals surface area contributed by atoms with Crippen molar-refractivity contribution in [2.24, 2.45) is 0 Å². The van der Waals surface area contributed by atoms with E-state index in [1.165, 1.54) is 12.1 Å². The molecule has 0 aromatic heterocycles. The summed E-state index contributed by atoms with van der Waals surface area (Å²) in [4.78, 5) is 12.1. The number of hydrogen-bond acceptors (Lipinski definition) is 2. The molecule has 0 amide bonds. The maximum absolute atomic E-state index is 12.1. The van der Waals surface area contributed by atoms with E-state index in [0.717, 1.165) is 11.1 Å². The minimum absolute atomic E-state index is 0.00573. The first-order valence-electron chi connectivity index (χ1n) is 5.85. The molecule has 0 radical (unpaired) electrons. The lowest BCUT2D eigenvalue weighted by Crippen LogP contribution is -1.98. The van der Waals surface area contributed by atoms with Crippen LogP contribution >= 0.6 is 11.6 Å². The number of hydrogen-bond donors (Lipinski definition) is 1. The number of aromatic hydroxyl groups is 1. The van der Waals surface area contributed by atoms with Gasteiger partial charge in [0.05, 0.1) is 5.56 Å². The van der Waals surface area contributed by atoms with Gasteiger partial charge in [0.1, 0.15) is 5.75 Å². The summed E-state index contributed by atoms with van der Waals surface area (Å²) in [6, 6.07) is 12.3. The highest BCUT2D eigenvalue weighted by Crippen LogP contribution is 2.22. The molecule has 0 aliphatic rings. The fourth-order valence-electron chi connectivity index (χ4n) is 1.83. The number of carbonyl (C=O) groups excluding carboxylic acids is 1. The lowest BCUT2D eigenvalue weighted by Gasteiger charge is -2.04. The van der Waals surface area contributed by atoms with E-state index in [-0.39, 0.29) is 11.5 Å². The normalized spacial score (nSPS) is 10.8. The van der Waals surface area contributed by atoms with Crippen molar-refractivity contribution in [3.05, 3.63) is 70.3 Å². The minimum atomic E-state index is -0.240. The van der Waals surface area contributed by atoms with Gasteiger partial charge in [-0.3, -0.25) is 4.79 Å². The summed E-state index contributed by atoms with van der Waals surface area (Å²) >= 11 is 6.00. The van der Waals surface area contributed by atoms with E-state index in [2.05, 4.69) is 0 Å². The predicted octanol–water partition coefficient (Wildman–Crippen LogP) is 4.25. The van der Waals surface area contributed by atoms with Gasteiger partial charge in [-0.1, -0.05) is 41.9 Å². The Kier molecular flexibility index (Phi) is 4.03. The number of carbonyl (C=O) groups is 1. The first kappa shape index (κ1) is 13.4. The molecule has 2 rings (SSSR count). The van der Waals surface area contributed by atoms with Gasteiger partial charge in [-0.15, -0.1) is 0 Å². The molecule has 2 aromatic rings. The van der Waals surface area contributed by atoms with Crippen LogP contribution in [0.4, 0.5) is 0 Å². The second-order valence-corrected chi connectivity index (χ2v) is 4.60. The van der Waals surface area contributed by atoms with Crippen molar-refractivity contribution in [2.45, 2.75) is 6.92 Å². The molecule has 0 saturated heterocycles. The van der Waals surface area contributed by atoms with Crippen LogP contribution in [0.2, 0.25) is 5.02 Å². The van der Waals surface area contributed by atoms with Crippen LogP contribution < -0.4 is 0 Å². The van der Waals surface area contributed by atoms with Gasteiger partial charge in [-0.2, -0.15) is 0 Å². The third-order valence-corrected chi connectivity index (χ3v) is 3.16. The van der Waals surface area contributed by atoms with Gasteiger partial charge < -0.3 is 5.11 Å². The smallest absolute Gasteiger partial charge is 0.189 e. The van der Waals surface area contributed by atoms with Crippen LogP contribution in [0.1, 0.15) is 21.5 Å². The molecular formula is C16H13ClO2. The van der Waals surface area contributed by atoms with Crippen LogP contribution in [-0.4, -0.2) is 10.9 Å². The maximum Gasteiger partial charge on any atom is 0.189 e.